The summed E-state index contributed by atoms with van der Waals surface area (Å²) in [4.78, 5) is 47.4. The molecule has 0 saturated heterocycles. The van der Waals surface area contributed by atoms with Gasteiger partial charge in [0, 0.05) is 35.2 Å². The van der Waals surface area contributed by atoms with E-state index in [1.807, 2.05) is 44.2 Å². The molecule has 4 aliphatic heterocycles. The molecule has 0 radical (unpaired) electrons. The molecule has 0 N–H and O–H groups in total. The van der Waals surface area contributed by atoms with Gasteiger partial charge in [-0.25, -0.2) is 9.98 Å². The van der Waals surface area contributed by atoms with E-state index in [4.69, 9.17) is 29.4 Å². The van der Waals surface area contributed by atoms with Crippen molar-refractivity contribution in [2.75, 3.05) is 13.7 Å². The normalized spacial score (nSPS) is 20.5. The summed E-state index contributed by atoms with van der Waals surface area (Å²) >= 11 is 0. The SMILES string of the molecule is C=CC1=C(C)C2=NC1=CC1=NC(=Cc3[n-]c4c(c3C)=C([O-])[C@@H](C(=O)OC)C=4C3=NC(=C2)[C@@H](C)[C@@H]3CCC(=O)OC/C=C(\C)CC/C=C(\C)CC/C=C(\C)CCC=C(C)C)C(CC)=C1C.[Mg+2]. The molecule has 8 bridgehead atoms. The van der Waals surface area contributed by atoms with Crippen molar-refractivity contribution in [1.82, 2.24) is 4.98 Å². The Bertz CT molecular complexity index is 2640. The quantitative estimate of drug-likeness (QED) is 0.0872. The molecule has 0 saturated carbocycles. The molecule has 5 heterocycles. The van der Waals surface area contributed by atoms with Gasteiger partial charge >= 0.3 is 35.0 Å². The van der Waals surface area contributed by atoms with E-state index in [1.165, 1.54) is 29.4 Å². The van der Waals surface area contributed by atoms with Crippen LogP contribution in [0, 0.1) is 24.7 Å². The second-order valence-electron chi connectivity index (χ2n) is 18.1. The van der Waals surface area contributed by atoms with Crippen LogP contribution in [0.15, 0.2) is 126 Å². The maximum atomic E-state index is 14.4. The van der Waals surface area contributed by atoms with Gasteiger partial charge in [0.15, 0.2) is 0 Å². The van der Waals surface area contributed by atoms with Crippen molar-refractivity contribution in [2.24, 2.45) is 32.7 Å². The van der Waals surface area contributed by atoms with Gasteiger partial charge < -0.3 is 19.6 Å². The molecule has 338 valence electrons. The average Bonchev–Trinajstić information content (AvgIpc) is 3.99. The standard InChI is InChI=1S/C55H67N4O5.Mg/c1-13-39-35(8)42-28-44-37(10)41(24-25-48(60)64-27-26-34(7)23-17-22-33(6)21-16-20-32(5)19-15-18-31(3)4)52(58-44)50-51(55(62)63-12)54(61)49-38(11)45(59-53(49)50)30-47-40(14-2)36(9)43(57-47)29-46(39)56-42;/h13,18,20,22,26,28-30,37,41,51H,1,14-17,19,21,23-25,27H2,2-12H3,(H-,56,57,58,59,61);/q-1;+2/p-1/b32-20+,33-22+,34-26+;/t37-,41-,51-;/m0./s1. The van der Waals surface area contributed by atoms with E-state index in [0.29, 0.717) is 39.5 Å². The molecule has 0 fully saturated rings. The molecule has 10 heteroatoms. The smallest absolute Gasteiger partial charge is 0.874 e. The van der Waals surface area contributed by atoms with Crippen LogP contribution < -0.4 is 20.7 Å². The van der Waals surface area contributed by atoms with E-state index in [1.54, 1.807) is 0 Å². The summed E-state index contributed by atoms with van der Waals surface area (Å²) in [6.07, 6.45) is 24.1. The van der Waals surface area contributed by atoms with Gasteiger partial charge in [0.05, 0.1) is 35.8 Å². The molecule has 65 heavy (non-hydrogen) atoms. The summed E-state index contributed by atoms with van der Waals surface area (Å²) in [5.74, 6) is -3.10. The van der Waals surface area contributed by atoms with Crippen LogP contribution in [0.1, 0.15) is 131 Å². The molecule has 0 spiro atoms. The van der Waals surface area contributed by atoms with E-state index in [-0.39, 0.29) is 59.6 Å². The van der Waals surface area contributed by atoms with Gasteiger partial charge in [-0.2, -0.15) is 0 Å². The Kier molecular flexibility index (Phi) is 17.6. The van der Waals surface area contributed by atoms with Gasteiger partial charge in [-0.3, -0.25) is 14.6 Å². The van der Waals surface area contributed by atoms with Crippen molar-refractivity contribution in [3.05, 3.63) is 133 Å². The van der Waals surface area contributed by atoms with Gasteiger partial charge in [-0.1, -0.05) is 78.7 Å². The molecule has 1 aromatic rings. The number of methoxy groups -OCH3 is 1. The molecule has 6 rings (SSSR count). The van der Waals surface area contributed by atoms with Gasteiger partial charge in [0.25, 0.3) is 0 Å². The Morgan fingerprint density at radius 3 is 2.06 bits per heavy atom. The number of fused-ring (bicyclic) bond motifs is 5. The predicted octanol–water partition coefficient (Wildman–Crippen LogP) is 9.43. The number of aliphatic imine (C=N–C) groups is 3. The van der Waals surface area contributed by atoms with Crippen LogP contribution in [0.4, 0.5) is 0 Å². The molecule has 5 aliphatic rings. The van der Waals surface area contributed by atoms with Crippen LogP contribution in [0.2, 0.25) is 0 Å². The average molecular weight is 887 g/mol. The summed E-state index contributed by atoms with van der Waals surface area (Å²) in [7, 11) is 1.29. The van der Waals surface area contributed by atoms with Crippen molar-refractivity contribution in [3.8, 4) is 0 Å². The summed E-state index contributed by atoms with van der Waals surface area (Å²) in [6.45, 7) is 25.2. The number of aromatic nitrogens is 1. The molecule has 0 unspecified atom stereocenters. The third-order valence-electron chi connectivity index (χ3n) is 13.2. The first-order valence-electron chi connectivity index (χ1n) is 23.0. The molecular weight excluding hydrogens is 821 g/mol. The zero-order chi connectivity index (χ0) is 46.4. The number of esters is 2. The minimum Gasteiger partial charge on any atom is -0.874 e. The van der Waals surface area contributed by atoms with Crippen molar-refractivity contribution in [2.45, 2.75) is 127 Å². The topological polar surface area (TPSA) is 127 Å². The first-order chi connectivity index (χ1) is 30.6. The molecule has 0 amide bonds. The first kappa shape index (κ1) is 50.9. The van der Waals surface area contributed by atoms with Crippen molar-refractivity contribution < 1.29 is 24.2 Å². The number of carbonyl (C=O) groups is 2. The summed E-state index contributed by atoms with van der Waals surface area (Å²) in [6, 6.07) is 0. The van der Waals surface area contributed by atoms with Crippen LogP contribution >= 0.6 is 0 Å². The molecule has 1 aliphatic carbocycles. The van der Waals surface area contributed by atoms with Crippen LogP contribution in [-0.4, -0.2) is 65.8 Å². The maximum Gasteiger partial charge on any atom is 2.00 e. The number of carbonyl (C=O) groups excluding carboxylic acids is 2. The fourth-order valence-electron chi connectivity index (χ4n) is 9.26. The number of ether oxygens (including phenoxy) is 2. The number of hydrogen-bond donors (Lipinski definition) is 0. The van der Waals surface area contributed by atoms with E-state index < -0.39 is 11.9 Å². The number of nitrogens with zero attached hydrogens (tertiary/aromatic N) is 4. The van der Waals surface area contributed by atoms with Gasteiger partial charge in [-0.05, 0) is 152 Å². The Hall–Kier alpha value is -5.06. The minimum atomic E-state index is -1.23. The first-order valence-corrected chi connectivity index (χ1v) is 23.0. The van der Waals surface area contributed by atoms with Crippen LogP contribution in [0.5, 0.6) is 0 Å². The summed E-state index contributed by atoms with van der Waals surface area (Å²) < 4.78 is 11.0. The number of allylic oxidation sites excluding steroid dienone is 14. The summed E-state index contributed by atoms with van der Waals surface area (Å²) in [5.41, 5.74) is 15.5. The Labute approximate surface area is 402 Å². The zero-order valence-electron chi connectivity index (χ0n) is 40.7. The maximum absolute atomic E-state index is 14.4. The Morgan fingerprint density at radius 2 is 1.45 bits per heavy atom. The Balaban J connectivity index is 0.00000793. The molecule has 9 nitrogen and oxygen atoms in total. The van der Waals surface area contributed by atoms with E-state index >= 15 is 0 Å². The molecule has 1 aromatic heterocycles. The van der Waals surface area contributed by atoms with Crippen molar-refractivity contribution in [3.63, 3.8) is 0 Å². The van der Waals surface area contributed by atoms with Gasteiger partial charge in [0.2, 0.25) is 0 Å². The third-order valence-corrected chi connectivity index (χ3v) is 13.2. The second-order valence-corrected chi connectivity index (χ2v) is 18.1. The number of hydrogen-bond acceptors (Lipinski definition) is 8. The molecule has 3 atom stereocenters. The fraction of sp³-hybridized carbons (Fsp3) is 0.436. The largest absolute Gasteiger partial charge is 2.00 e. The van der Waals surface area contributed by atoms with Gasteiger partial charge in [-0.15, -0.1) is 16.8 Å². The van der Waals surface area contributed by atoms with E-state index in [2.05, 4.69) is 80.2 Å². The van der Waals surface area contributed by atoms with Crippen molar-refractivity contribution >= 4 is 69.5 Å². The minimum absolute atomic E-state index is 0. The third kappa shape index (κ3) is 11.3. The van der Waals surface area contributed by atoms with Crippen LogP contribution in [0.25, 0.3) is 17.4 Å². The monoisotopic (exact) mass is 886 g/mol. The van der Waals surface area contributed by atoms with Crippen molar-refractivity contribution in [1.29, 1.82) is 0 Å². The zero-order valence-corrected chi connectivity index (χ0v) is 42.1. The fourth-order valence-corrected chi connectivity index (χ4v) is 9.26. The molecular formula is C55H66MgN4O5. The summed E-state index contributed by atoms with van der Waals surface area (Å²) in [5, 5.41) is 15.2. The van der Waals surface area contributed by atoms with E-state index in [9.17, 15) is 14.7 Å². The predicted molar refractivity (Wildman–Crippen MR) is 265 cm³/mol. The van der Waals surface area contributed by atoms with Crippen LogP contribution in [-0.2, 0) is 19.1 Å². The Morgan fingerprint density at radius 1 is 0.831 bits per heavy atom. The second kappa shape index (κ2) is 22.4. The van der Waals surface area contributed by atoms with Gasteiger partial charge in [0.1, 0.15) is 6.61 Å². The van der Waals surface area contributed by atoms with E-state index in [0.717, 1.165) is 95.8 Å². The van der Waals surface area contributed by atoms with Crippen LogP contribution in [0.3, 0.4) is 0 Å². The molecule has 0 aromatic carbocycles. The number of rotatable bonds is 17.